The first-order valence-electron chi connectivity index (χ1n) is 6.66. The van der Waals surface area contributed by atoms with Crippen LogP contribution < -0.4 is 4.90 Å². The van der Waals surface area contributed by atoms with Crippen molar-refractivity contribution in [3.8, 4) is 0 Å². The highest BCUT2D eigenvalue weighted by Gasteiger charge is 2.43. The van der Waals surface area contributed by atoms with Crippen LogP contribution >= 0.6 is 11.6 Å². The van der Waals surface area contributed by atoms with E-state index in [9.17, 15) is 27.9 Å². The van der Waals surface area contributed by atoms with Gasteiger partial charge >= 0.3 is 18.1 Å². The fourth-order valence-electron chi connectivity index (χ4n) is 2.11. The highest BCUT2D eigenvalue weighted by molar-refractivity contribution is 6.31. The minimum atomic E-state index is -5.16. The topological polar surface area (TPSA) is 57.6 Å². The van der Waals surface area contributed by atoms with Gasteiger partial charge in [-0.05, 0) is 23.8 Å². The average molecular weight is 358 g/mol. The van der Waals surface area contributed by atoms with Gasteiger partial charge in [-0.2, -0.15) is 13.2 Å². The van der Waals surface area contributed by atoms with Crippen LogP contribution in [0.25, 0.3) is 0 Å². The van der Waals surface area contributed by atoms with E-state index in [0.29, 0.717) is 4.90 Å². The molecular formula is C16H11ClF3NO3. The lowest BCUT2D eigenvalue weighted by Crippen LogP contribution is -2.41. The summed E-state index contributed by atoms with van der Waals surface area (Å²) in [6, 6.07) is 11.1. The molecule has 0 atom stereocenters. The summed E-state index contributed by atoms with van der Waals surface area (Å²) in [5.41, 5.74) is -0.508. The summed E-state index contributed by atoms with van der Waals surface area (Å²) < 4.78 is 38.8. The summed E-state index contributed by atoms with van der Waals surface area (Å²) in [5, 5.41) is 9.35. The van der Waals surface area contributed by atoms with Crippen LogP contribution in [0.4, 0.5) is 18.9 Å². The molecule has 126 valence electrons. The SMILES string of the molecule is O=C(O)c1ccccc1N(Cc1ccccc1Cl)C(=O)C(F)(F)F. The molecule has 8 heteroatoms. The molecule has 0 aliphatic rings. The molecule has 0 aliphatic carbocycles. The Morgan fingerprint density at radius 2 is 1.62 bits per heavy atom. The number of para-hydroxylation sites is 1. The van der Waals surface area contributed by atoms with Gasteiger partial charge in [0.05, 0.1) is 17.8 Å². The molecule has 0 bridgehead atoms. The second-order valence-corrected chi connectivity index (χ2v) is 5.21. The summed E-state index contributed by atoms with van der Waals surface area (Å²) in [7, 11) is 0. The van der Waals surface area contributed by atoms with Gasteiger partial charge in [0.15, 0.2) is 0 Å². The monoisotopic (exact) mass is 357 g/mol. The predicted octanol–water partition coefficient (Wildman–Crippen LogP) is 4.13. The lowest BCUT2D eigenvalue weighted by Gasteiger charge is -2.25. The number of hydrogen-bond donors (Lipinski definition) is 1. The van der Waals surface area contributed by atoms with Crippen LogP contribution in [0.3, 0.4) is 0 Å². The zero-order chi connectivity index (χ0) is 17.9. The number of carboxylic acid groups (broad SMARTS) is 1. The summed E-state index contributed by atoms with van der Waals surface area (Å²) in [6.45, 7) is -0.512. The number of halogens is 4. The number of carboxylic acids is 1. The van der Waals surface area contributed by atoms with Crippen molar-refractivity contribution in [2.75, 3.05) is 4.90 Å². The summed E-state index contributed by atoms with van der Waals surface area (Å²) >= 11 is 5.94. The fourth-order valence-corrected chi connectivity index (χ4v) is 2.30. The van der Waals surface area contributed by atoms with E-state index < -0.39 is 30.2 Å². The third-order valence-electron chi connectivity index (χ3n) is 3.20. The van der Waals surface area contributed by atoms with Gasteiger partial charge < -0.3 is 5.11 Å². The lowest BCUT2D eigenvalue weighted by molar-refractivity contribution is -0.170. The molecule has 0 aromatic heterocycles. The van der Waals surface area contributed by atoms with Crippen molar-refractivity contribution < 1.29 is 27.9 Å². The van der Waals surface area contributed by atoms with E-state index in [-0.39, 0.29) is 16.3 Å². The highest BCUT2D eigenvalue weighted by Crippen LogP contribution is 2.29. The first kappa shape index (κ1) is 17.8. The Labute approximate surface area is 140 Å². The number of carbonyl (C=O) groups is 2. The first-order valence-corrected chi connectivity index (χ1v) is 7.04. The fraction of sp³-hybridized carbons (Fsp3) is 0.125. The molecule has 0 aliphatic heterocycles. The van der Waals surface area contributed by atoms with Crippen LogP contribution in [0.15, 0.2) is 48.5 Å². The Kier molecular flexibility index (Phi) is 5.14. The van der Waals surface area contributed by atoms with Gasteiger partial charge in [-0.25, -0.2) is 4.79 Å². The maximum absolute atomic E-state index is 12.9. The maximum atomic E-state index is 12.9. The number of amides is 1. The van der Waals surface area contributed by atoms with Gasteiger partial charge in [-0.1, -0.05) is 41.9 Å². The molecular weight excluding hydrogens is 347 g/mol. The van der Waals surface area contributed by atoms with Crippen LogP contribution in [0, 0.1) is 0 Å². The number of anilines is 1. The molecule has 2 aromatic rings. The molecule has 0 radical (unpaired) electrons. The van der Waals surface area contributed by atoms with Crippen LogP contribution in [0.1, 0.15) is 15.9 Å². The maximum Gasteiger partial charge on any atom is 0.471 e. The Morgan fingerprint density at radius 1 is 1.04 bits per heavy atom. The smallest absolute Gasteiger partial charge is 0.471 e. The molecule has 0 unspecified atom stereocenters. The third kappa shape index (κ3) is 3.86. The normalized spacial score (nSPS) is 11.2. The molecule has 4 nitrogen and oxygen atoms in total. The van der Waals surface area contributed by atoms with Crippen molar-refractivity contribution in [2.24, 2.45) is 0 Å². The van der Waals surface area contributed by atoms with Crippen molar-refractivity contribution in [1.29, 1.82) is 0 Å². The molecule has 0 spiro atoms. The summed E-state index contributed by atoms with van der Waals surface area (Å²) in [5.74, 6) is -3.61. The van der Waals surface area contributed by atoms with Gasteiger partial charge in [0.25, 0.3) is 0 Å². The van der Waals surface area contributed by atoms with Crippen molar-refractivity contribution in [2.45, 2.75) is 12.7 Å². The molecule has 0 heterocycles. The van der Waals surface area contributed by atoms with Crippen molar-refractivity contribution in [3.05, 3.63) is 64.7 Å². The van der Waals surface area contributed by atoms with E-state index in [1.165, 1.54) is 24.3 Å². The number of benzene rings is 2. The van der Waals surface area contributed by atoms with Gasteiger partial charge in [0, 0.05) is 5.02 Å². The van der Waals surface area contributed by atoms with Crippen LogP contribution in [-0.2, 0) is 11.3 Å². The quantitative estimate of drug-likeness (QED) is 0.895. The summed E-state index contributed by atoms with van der Waals surface area (Å²) in [4.78, 5) is 23.5. The standard InChI is InChI=1S/C16H11ClF3NO3/c17-12-7-3-1-5-10(12)9-21(15(24)16(18,19)20)13-8-4-2-6-11(13)14(22)23/h1-8H,9H2,(H,22,23). The Bertz CT molecular complexity index is 777. The second kappa shape index (κ2) is 6.92. The van der Waals surface area contributed by atoms with E-state index in [1.54, 1.807) is 12.1 Å². The minimum Gasteiger partial charge on any atom is -0.478 e. The molecule has 0 saturated heterocycles. The molecule has 2 aromatic carbocycles. The zero-order valence-corrected chi connectivity index (χ0v) is 12.8. The van der Waals surface area contributed by atoms with Crippen molar-refractivity contribution in [1.82, 2.24) is 0 Å². The van der Waals surface area contributed by atoms with Crippen LogP contribution in [0.2, 0.25) is 5.02 Å². The van der Waals surface area contributed by atoms with Crippen LogP contribution in [-0.4, -0.2) is 23.2 Å². The number of carbonyl (C=O) groups excluding carboxylic acids is 1. The van der Waals surface area contributed by atoms with E-state index in [0.717, 1.165) is 12.1 Å². The first-order chi connectivity index (χ1) is 11.2. The van der Waals surface area contributed by atoms with E-state index in [2.05, 4.69) is 0 Å². The number of alkyl halides is 3. The van der Waals surface area contributed by atoms with Crippen molar-refractivity contribution >= 4 is 29.2 Å². The Morgan fingerprint density at radius 3 is 2.21 bits per heavy atom. The highest BCUT2D eigenvalue weighted by atomic mass is 35.5. The molecule has 24 heavy (non-hydrogen) atoms. The van der Waals surface area contributed by atoms with E-state index >= 15 is 0 Å². The Hall–Kier alpha value is -2.54. The van der Waals surface area contributed by atoms with Crippen LogP contribution in [0.5, 0.6) is 0 Å². The largest absolute Gasteiger partial charge is 0.478 e. The van der Waals surface area contributed by atoms with Gasteiger partial charge in [0.1, 0.15) is 0 Å². The van der Waals surface area contributed by atoms with E-state index in [4.69, 9.17) is 11.6 Å². The molecule has 1 N–H and O–H groups in total. The number of nitrogens with zero attached hydrogens (tertiary/aromatic N) is 1. The van der Waals surface area contributed by atoms with Gasteiger partial charge in [0.2, 0.25) is 0 Å². The second-order valence-electron chi connectivity index (χ2n) is 4.80. The predicted molar refractivity (Wildman–Crippen MR) is 82.1 cm³/mol. The molecule has 2 rings (SSSR count). The number of aromatic carboxylic acids is 1. The lowest BCUT2D eigenvalue weighted by atomic mass is 10.1. The van der Waals surface area contributed by atoms with Gasteiger partial charge in [-0.15, -0.1) is 0 Å². The number of rotatable bonds is 4. The molecule has 1 amide bonds. The van der Waals surface area contributed by atoms with Crippen molar-refractivity contribution in [3.63, 3.8) is 0 Å². The van der Waals surface area contributed by atoms with Gasteiger partial charge in [-0.3, -0.25) is 9.69 Å². The molecule has 0 fully saturated rings. The zero-order valence-electron chi connectivity index (χ0n) is 12.0. The summed E-state index contributed by atoms with van der Waals surface area (Å²) in [6.07, 6.45) is -5.16. The van der Waals surface area contributed by atoms with E-state index in [1.807, 2.05) is 0 Å². The Balaban J connectivity index is 2.55. The molecule has 0 saturated carbocycles. The average Bonchev–Trinajstić information content (AvgIpc) is 2.52. The third-order valence-corrected chi connectivity index (χ3v) is 3.57. The minimum absolute atomic E-state index is 0.172. The number of hydrogen-bond acceptors (Lipinski definition) is 2.